The molecule has 19 heteroatoms. The number of carbonyl (C=O) groups is 4. The number of amides is 3. The summed E-state index contributed by atoms with van der Waals surface area (Å²) in [5.74, 6) is -2.84. The molecule has 4 rings (SSSR count). The Morgan fingerprint density at radius 2 is 1.41 bits per heavy atom. The van der Waals surface area contributed by atoms with E-state index in [0.717, 1.165) is 17.7 Å². The summed E-state index contributed by atoms with van der Waals surface area (Å²) in [6.45, 7) is 11.8. The quantitative estimate of drug-likeness (QED) is 0.0352. The lowest BCUT2D eigenvalue weighted by Gasteiger charge is -2.25. The molecular weight excluding hydrogens is 852 g/mol. The van der Waals surface area contributed by atoms with Gasteiger partial charge in [0.1, 0.15) is 34.6 Å². The van der Waals surface area contributed by atoms with Crippen LogP contribution >= 0.6 is 0 Å². The molecule has 4 N–H and O–H groups in total. The van der Waals surface area contributed by atoms with Crippen LogP contribution in [0.2, 0.25) is 25.7 Å². The number of aliphatic carboxylic acids is 1. The van der Waals surface area contributed by atoms with Crippen molar-refractivity contribution in [3.63, 3.8) is 0 Å². The molecule has 0 aliphatic heterocycles. The average Bonchev–Trinajstić information content (AvgIpc) is 3.21. The van der Waals surface area contributed by atoms with Crippen LogP contribution < -0.4 is 30.2 Å². The van der Waals surface area contributed by atoms with Gasteiger partial charge < -0.3 is 49.5 Å². The van der Waals surface area contributed by atoms with E-state index in [4.69, 9.17) is 28.4 Å². The topological polar surface area (TPSA) is 223 Å². The molecule has 3 atom stereocenters. The van der Waals surface area contributed by atoms with E-state index in [1.54, 1.807) is 39.0 Å². The van der Waals surface area contributed by atoms with E-state index >= 15 is 0 Å². The maximum absolute atomic E-state index is 14.2. The lowest BCUT2D eigenvalue weighted by atomic mass is 10.0. The molecule has 0 saturated heterocycles. The highest BCUT2D eigenvalue weighted by Gasteiger charge is 2.31. The standard InChI is InChI=1S/C45H55FN4O13Si/c1-45(2,3)63-44(55)48-38(27-60-26-28-12-10-9-11-13-28)30-20-32(58-4)24-34(21-30)62-35-23-31(22-33(25-35)59-5)40(42(52)53)49-41(51)37(47-43(54)61-16-17-64(6,7)8)18-29-14-15-36(46)39(19-29)50(56)57/h9-15,19-25,37-38,40H,16-18,26-27H2,1-8H3,(H,47,54)(H,48,55)(H,49,51)(H,52,53)/t37-,38-,40-/m0/s1. The predicted octanol–water partition coefficient (Wildman–Crippen LogP) is 8.24. The zero-order chi connectivity index (χ0) is 47.2. The van der Waals surface area contributed by atoms with Gasteiger partial charge in [-0.2, -0.15) is 4.39 Å². The van der Waals surface area contributed by atoms with Crippen molar-refractivity contribution < 1.29 is 62.0 Å². The lowest BCUT2D eigenvalue weighted by Crippen LogP contribution is -2.50. The number of nitrogens with zero attached hydrogens (tertiary/aromatic N) is 1. The SMILES string of the molecule is COc1cc(Oc2cc(OC)cc([C@H](NC(=O)[C@H](Cc3ccc(F)c([N+](=O)[O-])c3)NC(=O)OCC[Si](C)(C)C)C(=O)O)c2)cc([C@H](COCc2ccccc2)NC(=O)OC(C)(C)C)c1. The van der Waals surface area contributed by atoms with Gasteiger partial charge in [-0.05, 0) is 79.4 Å². The van der Waals surface area contributed by atoms with Gasteiger partial charge in [-0.15, -0.1) is 0 Å². The number of carboxylic acid groups (broad SMARTS) is 1. The minimum Gasteiger partial charge on any atom is -0.497 e. The van der Waals surface area contributed by atoms with Gasteiger partial charge in [0, 0.05) is 32.7 Å². The highest BCUT2D eigenvalue weighted by atomic mass is 28.3. The maximum Gasteiger partial charge on any atom is 0.408 e. The Labute approximate surface area is 371 Å². The molecule has 0 heterocycles. The molecule has 0 spiro atoms. The van der Waals surface area contributed by atoms with Gasteiger partial charge in [-0.1, -0.05) is 56.0 Å². The number of halogens is 1. The molecule has 0 radical (unpaired) electrons. The van der Waals surface area contributed by atoms with Crippen molar-refractivity contribution in [2.45, 2.75) is 83.2 Å². The molecule has 64 heavy (non-hydrogen) atoms. The van der Waals surface area contributed by atoms with Crippen molar-refractivity contribution in [3.8, 4) is 23.0 Å². The van der Waals surface area contributed by atoms with Gasteiger partial charge in [0.2, 0.25) is 11.7 Å². The van der Waals surface area contributed by atoms with E-state index in [1.165, 1.54) is 38.5 Å². The highest BCUT2D eigenvalue weighted by molar-refractivity contribution is 6.76. The normalized spacial score (nSPS) is 12.8. The molecule has 4 aromatic rings. The summed E-state index contributed by atoms with van der Waals surface area (Å²) in [7, 11) is 1.17. The number of methoxy groups -OCH3 is 2. The summed E-state index contributed by atoms with van der Waals surface area (Å²) in [5, 5.41) is 29.6. The third-order valence-corrected chi connectivity index (χ3v) is 10.9. The fourth-order valence-corrected chi connectivity index (χ4v) is 6.73. The molecule has 0 bridgehead atoms. The van der Waals surface area contributed by atoms with Crippen LogP contribution in [0.4, 0.5) is 19.7 Å². The largest absolute Gasteiger partial charge is 0.497 e. The van der Waals surface area contributed by atoms with E-state index in [-0.39, 0.29) is 48.2 Å². The Bertz CT molecular complexity index is 2270. The van der Waals surface area contributed by atoms with Crippen molar-refractivity contribution >= 4 is 37.8 Å². The summed E-state index contributed by atoms with van der Waals surface area (Å²) in [6.07, 6.45) is -2.07. The van der Waals surface area contributed by atoms with Crippen molar-refractivity contribution in [2.24, 2.45) is 0 Å². The predicted molar refractivity (Wildman–Crippen MR) is 236 cm³/mol. The summed E-state index contributed by atoms with van der Waals surface area (Å²) in [5.41, 5.74) is -0.123. The van der Waals surface area contributed by atoms with E-state index < -0.39 is 78.7 Å². The monoisotopic (exact) mass is 906 g/mol. The van der Waals surface area contributed by atoms with E-state index in [1.807, 2.05) is 30.3 Å². The number of carbonyl (C=O) groups excluding carboxylic acids is 3. The van der Waals surface area contributed by atoms with Crippen LogP contribution in [0.15, 0.2) is 84.9 Å². The van der Waals surface area contributed by atoms with Gasteiger partial charge in [0.15, 0.2) is 6.04 Å². The molecule has 0 saturated carbocycles. The smallest absolute Gasteiger partial charge is 0.408 e. The second kappa shape index (κ2) is 22.6. The van der Waals surface area contributed by atoms with Gasteiger partial charge in [-0.3, -0.25) is 14.9 Å². The Morgan fingerprint density at radius 3 is 1.98 bits per heavy atom. The van der Waals surface area contributed by atoms with E-state index in [9.17, 15) is 38.8 Å². The van der Waals surface area contributed by atoms with Crippen molar-refractivity contribution in [1.82, 2.24) is 16.0 Å². The molecule has 3 amide bonds. The Morgan fingerprint density at radius 1 is 0.797 bits per heavy atom. The third kappa shape index (κ3) is 16.2. The van der Waals surface area contributed by atoms with E-state index in [0.29, 0.717) is 17.4 Å². The number of hydrogen-bond donors (Lipinski definition) is 4. The summed E-state index contributed by atoms with van der Waals surface area (Å²) >= 11 is 0. The number of carboxylic acids is 1. The van der Waals surface area contributed by atoms with Crippen LogP contribution in [-0.4, -0.2) is 81.2 Å². The van der Waals surface area contributed by atoms with Crippen LogP contribution in [0.3, 0.4) is 0 Å². The number of nitro groups is 1. The zero-order valence-corrected chi connectivity index (χ0v) is 38.0. The number of rotatable bonds is 21. The molecule has 0 aromatic heterocycles. The first-order chi connectivity index (χ1) is 30.1. The second-order valence-electron chi connectivity index (χ2n) is 16.9. The number of nitro benzene ring substituents is 1. The molecule has 17 nitrogen and oxygen atoms in total. The second-order valence-corrected chi connectivity index (χ2v) is 22.5. The maximum atomic E-state index is 14.2. The molecule has 0 fully saturated rings. The fourth-order valence-electron chi connectivity index (χ4n) is 6.02. The van der Waals surface area contributed by atoms with Gasteiger partial charge in [0.05, 0.1) is 45.0 Å². The molecule has 0 aliphatic rings. The minimum absolute atomic E-state index is 0.00835. The lowest BCUT2D eigenvalue weighted by molar-refractivity contribution is -0.387. The number of hydrogen-bond acceptors (Lipinski definition) is 12. The Hall–Kier alpha value is -6.73. The third-order valence-electron chi connectivity index (χ3n) is 9.21. The van der Waals surface area contributed by atoms with E-state index in [2.05, 4.69) is 35.6 Å². The van der Waals surface area contributed by atoms with Crippen molar-refractivity contribution in [3.05, 3.63) is 123 Å². The Kier molecular flexibility index (Phi) is 17.6. The average molecular weight is 907 g/mol. The number of benzene rings is 4. The molecular formula is C45H55FN4O13Si. The minimum atomic E-state index is -1.76. The van der Waals surface area contributed by atoms with Crippen LogP contribution in [0.1, 0.15) is 55.1 Å². The van der Waals surface area contributed by atoms with Gasteiger partial charge in [-0.25, -0.2) is 14.4 Å². The number of ether oxygens (including phenoxy) is 6. The first-order valence-electron chi connectivity index (χ1n) is 20.2. The van der Waals surface area contributed by atoms with Crippen LogP contribution in [0.5, 0.6) is 23.0 Å². The first kappa shape index (κ1) is 49.9. The van der Waals surface area contributed by atoms with Crippen LogP contribution in [0, 0.1) is 15.9 Å². The zero-order valence-electron chi connectivity index (χ0n) is 37.0. The van der Waals surface area contributed by atoms with Crippen LogP contribution in [-0.2, 0) is 36.8 Å². The number of alkyl carbamates (subject to hydrolysis) is 2. The molecule has 344 valence electrons. The highest BCUT2D eigenvalue weighted by Crippen LogP contribution is 2.34. The number of nitrogens with one attached hydrogen (secondary N) is 3. The first-order valence-corrected chi connectivity index (χ1v) is 23.9. The van der Waals surface area contributed by atoms with Crippen molar-refractivity contribution in [1.29, 1.82) is 0 Å². The summed E-state index contributed by atoms with van der Waals surface area (Å²) in [6, 6.07) is 18.1. The summed E-state index contributed by atoms with van der Waals surface area (Å²) in [4.78, 5) is 63.3. The molecule has 0 unspecified atom stereocenters. The molecule has 4 aromatic carbocycles. The van der Waals surface area contributed by atoms with Gasteiger partial charge >= 0.3 is 23.8 Å². The van der Waals surface area contributed by atoms with Crippen LogP contribution in [0.25, 0.3) is 0 Å². The van der Waals surface area contributed by atoms with Gasteiger partial charge in [0.25, 0.3) is 0 Å². The summed E-state index contributed by atoms with van der Waals surface area (Å²) < 4.78 is 48.4. The fraction of sp³-hybridized carbons (Fsp3) is 0.378. The Balaban J connectivity index is 1.65. The van der Waals surface area contributed by atoms with Crippen molar-refractivity contribution in [2.75, 3.05) is 27.4 Å². The molecule has 0 aliphatic carbocycles.